The molecular formula is C23H17N5O3. The molecule has 3 aromatic heterocycles. The number of aryl methyl sites for hydroxylation is 2. The molecular weight excluding hydrogens is 394 g/mol. The van der Waals surface area contributed by atoms with E-state index in [1.54, 1.807) is 42.2 Å². The van der Waals surface area contributed by atoms with Crippen molar-refractivity contribution < 1.29 is 4.92 Å². The molecule has 0 atom stereocenters. The Morgan fingerprint density at radius 2 is 1.84 bits per heavy atom. The monoisotopic (exact) mass is 411 g/mol. The molecule has 152 valence electrons. The second-order valence-electron chi connectivity index (χ2n) is 7.43. The Bertz CT molecular complexity index is 1570. The SMILES string of the molecule is Cc1ccc(-n2c(=O)ccc3cnc4ccc(-c5cnn(C)c5)cc4c32)cc1[N+](=O)[O-]. The van der Waals surface area contributed by atoms with E-state index in [0.29, 0.717) is 16.8 Å². The summed E-state index contributed by atoms with van der Waals surface area (Å²) in [5.41, 5.74) is 3.92. The third-order valence-corrected chi connectivity index (χ3v) is 5.40. The van der Waals surface area contributed by atoms with Gasteiger partial charge in [0.2, 0.25) is 0 Å². The first-order valence-electron chi connectivity index (χ1n) is 9.61. The van der Waals surface area contributed by atoms with E-state index in [-0.39, 0.29) is 11.2 Å². The lowest BCUT2D eigenvalue weighted by Gasteiger charge is -2.13. The highest BCUT2D eigenvalue weighted by Gasteiger charge is 2.16. The number of nitrogens with zero attached hydrogens (tertiary/aromatic N) is 5. The molecule has 31 heavy (non-hydrogen) atoms. The lowest BCUT2D eigenvalue weighted by atomic mass is 10.0. The normalized spacial score (nSPS) is 11.3. The van der Waals surface area contributed by atoms with E-state index in [1.165, 1.54) is 16.7 Å². The van der Waals surface area contributed by atoms with Crippen molar-refractivity contribution in [3.8, 4) is 16.8 Å². The molecule has 0 bridgehead atoms. The fourth-order valence-electron chi connectivity index (χ4n) is 3.85. The number of fused-ring (bicyclic) bond motifs is 3. The lowest BCUT2D eigenvalue weighted by Crippen LogP contribution is -2.18. The van der Waals surface area contributed by atoms with Crippen molar-refractivity contribution in [2.24, 2.45) is 7.05 Å². The van der Waals surface area contributed by atoms with Crippen molar-refractivity contribution in [1.82, 2.24) is 19.3 Å². The molecule has 0 radical (unpaired) electrons. The minimum atomic E-state index is -0.435. The van der Waals surface area contributed by atoms with E-state index in [9.17, 15) is 14.9 Å². The maximum atomic E-state index is 13.0. The molecule has 8 nitrogen and oxygen atoms in total. The van der Waals surface area contributed by atoms with Crippen LogP contribution < -0.4 is 5.56 Å². The van der Waals surface area contributed by atoms with Crippen LogP contribution in [0.3, 0.4) is 0 Å². The van der Waals surface area contributed by atoms with Crippen LogP contribution in [-0.2, 0) is 7.05 Å². The predicted molar refractivity (Wildman–Crippen MR) is 118 cm³/mol. The van der Waals surface area contributed by atoms with Gasteiger partial charge in [-0.3, -0.25) is 29.1 Å². The van der Waals surface area contributed by atoms with Gasteiger partial charge in [0.15, 0.2) is 0 Å². The Balaban J connectivity index is 1.87. The Kier molecular flexibility index (Phi) is 4.14. The number of hydrogen-bond donors (Lipinski definition) is 0. The van der Waals surface area contributed by atoms with Crippen LogP contribution in [0.1, 0.15) is 5.56 Å². The van der Waals surface area contributed by atoms with Gasteiger partial charge in [-0.1, -0.05) is 12.1 Å². The number of nitro benzene ring substituents is 1. The summed E-state index contributed by atoms with van der Waals surface area (Å²) >= 11 is 0. The number of benzene rings is 2. The van der Waals surface area contributed by atoms with E-state index < -0.39 is 4.92 Å². The second kappa shape index (κ2) is 6.88. The minimum absolute atomic E-state index is 0.0317. The van der Waals surface area contributed by atoms with Gasteiger partial charge in [-0.25, -0.2) is 0 Å². The smallest absolute Gasteiger partial charge is 0.274 e. The predicted octanol–water partition coefficient (Wildman–Crippen LogP) is 4.16. The van der Waals surface area contributed by atoms with E-state index in [2.05, 4.69) is 10.1 Å². The molecule has 0 aliphatic carbocycles. The second-order valence-corrected chi connectivity index (χ2v) is 7.43. The van der Waals surface area contributed by atoms with Gasteiger partial charge in [-0.15, -0.1) is 0 Å². The number of nitro groups is 1. The molecule has 0 fully saturated rings. The molecule has 0 spiro atoms. The lowest BCUT2D eigenvalue weighted by molar-refractivity contribution is -0.385. The molecule has 0 aliphatic heterocycles. The quantitative estimate of drug-likeness (QED) is 0.252. The summed E-state index contributed by atoms with van der Waals surface area (Å²) in [5.74, 6) is 0. The highest BCUT2D eigenvalue weighted by molar-refractivity contribution is 6.05. The zero-order valence-electron chi connectivity index (χ0n) is 16.8. The van der Waals surface area contributed by atoms with Crippen LogP contribution >= 0.6 is 0 Å². The molecule has 0 saturated heterocycles. The van der Waals surface area contributed by atoms with E-state index >= 15 is 0 Å². The summed E-state index contributed by atoms with van der Waals surface area (Å²) in [6, 6.07) is 13.8. The highest BCUT2D eigenvalue weighted by atomic mass is 16.6. The largest absolute Gasteiger partial charge is 0.276 e. The molecule has 8 heteroatoms. The van der Waals surface area contributed by atoms with E-state index in [1.807, 2.05) is 31.4 Å². The summed E-state index contributed by atoms with van der Waals surface area (Å²) < 4.78 is 3.24. The summed E-state index contributed by atoms with van der Waals surface area (Å²) in [5, 5.41) is 17.2. The maximum Gasteiger partial charge on any atom is 0.274 e. The Hall–Kier alpha value is -4.33. The van der Waals surface area contributed by atoms with Crippen molar-refractivity contribution in [2.75, 3.05) is 0 Å². The van der Waals surface area contributed by atoms with E-state index in [4.69, 9.17) is 0 Å². The summed E-state index contributed by atoms with van der Waals surface area (Å²) in [6.45, 7) is 1.67. The topological polar surface area (TPSA) is 95.8 Å². The van der Waals surface area contributed by atoms with E-state index in [0.717, 1.165) is 27.4 Å². The average molecular weight is 411 g/mol. The zero-order chi connectivity index (χ0) is 21.7. The Morgan fingerprint density at radius 3 is 2.58 bits per heavy atom. The van der Waals surface area contributed by atoms with Crippen LogP contribution in [0.15, 0.2) is 71.9 Å². The highest BCUT2D eigenvalue weighted by Crippen LogP contribution is 2.30. The molecule has 0 N–H and O–H groups in total. The first kappa shape index (κ1) is 18.7. The number of pyridine rings is 2. The number of hydrogen-bond acceptors (Lipinski definition) is 5. The molecule has 0 aliphatic rings. The average Bonchev–Trinajstić information content (AvgIpc) is 3.20. The standard InChI is InChI=1S/C23H17N5O3/c1-14-3-6-18(10-21(14)28(30)31)27-22(29)8-5-16-11-24-20-7-4-15(9-19(20)23(16)27)17-12-25-26(2)13-17/h3-13H,1-2H3. The van der Waals surface area contributed by atoms with Gasteiger partial charge in [0.05, 0.1) is 27.8 Å². The van der Waals surface area contributed by atoms with Gasteiger partial charge >= 0.3 is 0 Å². The van der Waals surface area contributed by atoms with Gasteiger partial charge in [0, 0.05) is 53.5 Å². The van der Waals surface area contributed by atoms with Crippen LogP contribution in [0.2, 0.25) is 0 Å². The Labute approximate surface area is 176 Å². The third kappa shape index (κ3) is 3.05. The molecule has 0 unspecified atom stereocenters. The van der Waals surface area contributed by atoms with Gasteiger partial charge in [-0.05, 0) is 36.8 Å². The third-order valence-electron chi connectivity index (χ3n) is 5.40. The van der Waals surface area contributed by atoms with Gasteiger partial charge in [-0.2, -0.15) is 5.10 Å². The summed E-state index contributed by atoms with van der Waals surface area (Å²) in [6.07, 6.45) is 5.40. The van der Waals surface area contributed by atoms with Crippen LogP contribution in [0, 0.1) is 17.0 Å². The van der Waals surface area contributed by atoms with Crippen LogP contribution in [0.25, 0.3) is 38.6 Å². The van der Waals surface area contributed by atoms with Gasteiger partial charge in [0.25, 0.3) is 11.2 Å². The zero-order valence-corrected chi connectivity index (χ0v) is 16.8. The van der Waals surface area contributed by atoms with Crippen molar-refractivity contribution in [3.05, 3.63) is 93.2 Å². The number of rotatable bonds is 3. The molecule has 3 heterocycles. The van der Waals surface area contributed by atoms with Gasteiger partial charge in [0.1, 0.15) is 0 Å². The molecule has 0 saturated carbocycles. The summed E-state index contributed by atoms with van der Waals surface area (Å²) in [4.78, 5) is 28.5. The molecule has 5 rings (SSSR count). The van der Waals surface area contributed by atoms with Crippen molar-refractivity contribution in [3.63, 3.8) is 0 Å². The van der Waals surface area contributed by atoms with Crippen LogP contribution in [0.4, 0.5) is 5.69 Å². The van der Waals surface area contributed by atoms with Crippen molar-refractivity contribution in [1.29, 1.82) is 0 Å². The number of aromatic nitrogens is 4. The fraction of sp³-hybridized carbons (Fsp3) is 0.0870. The molecule has 2 aromatic carbocycles. The first-order chi connectivity index (χ1) is 14.9. The molecule has 5 aromatic rings. The van der Waals surface area contributed by atoms with Crippen molar-refractivity contribution in [2.45, 2.75) is 6.92 Å². The van der Waals surface area contributed by atoms with Crippen molar-refractivity contribution >= 4 is 27.5 Å². The van der Waals surface area contributed by atoms with Crippen LogP contribution in [0.5, 0.6) is 0 Å². The fourth-order valence-corrected chi connectivity index (χ4v) is 3.85. The first-order valence-corrected chi connectivity index (χ1v) is 9.61. The Morgan fingerprint density at radius 1 is 1.00 bits per heavy atom. The summed E-state index contributed by atoms with van der Waals surface area (Å²) in [7, 11) is 1.85. The maximum absolute atomic E-state index is 13.0. The molecule has 0 amide bonds. The van der Waals surface area contributed by atoms with Crippen LogP contribution in [-0.4, -0.2) is 24.3 Å². The minimum Gasteiger partial charge on any atom is -0.276 e. The van der Waals surface area contributed by atoms with Gasteiger partial charge < -0.3 is 0 Å².